The van der Waals surface area contributed by atoms with Gasteiger partial charge in [0, 0.05) is 17.7 Å². The number of hydrogen-bond acceptors (Lipinski definition) is 7. The largest absolute Gasteiger partial charge is 0.497 e. The van der Waals surface area contributed by atoms with Crippen molar-refractivity contribution in [2.45, 2.75) is 13.0 Å². The van der Waals surface area contributed by atoms with Crippen molar-refractivity contribution in [2.24, 2.45) is 0 Å². The summed E-state index contributed by atoms with van der Waals surface area (Å²) in [6.45, 7) is 3.10. The van der Waals surface area contributed by atoms with Gasteiger partial charge in [-0.1, -0.05) is 17.3 Å². The summed E-state index contributed by atoms with van der Waals surface area (Å²) >= 11 is 0. The van der Waals surface area contributed by atoms with Crippen LogP contribution in [0.4, 0.5) is 0 Å². The van der Waals surface area contributed by atoms with Crippen LogP contribution in [0, 0.1) is 6.92 Å². The van der Waals surface area contributed by atoms with Gasteiger partial charge in [-0.2, -0.15) is 4.98 Å². The van der Waals surface area contributed by atoms with Crippen LogP contribution < -0.4 is 4.74 Å². The first-order chi connectivity index (χ1) is 15.1. The Morgan fingerprint density at radius 3 is 3.00 bits per heavy atom. The van der Waals surface area contributed by atoms with Gasteiger partial charge in [0.15, 0.2) is 6.10 Å². The monoisotopic (exact) mass is 419 g/mol. The Morgan fingerprint density at radius 2 is 2.13 bits per heavy atom. The number of methoxy groups -OCH3 is 1. The van der Waals surface area contributed by atoms with Crippen molar-refractivity contribution in [3.8, 4) is 17.1 Å². The number of carbonyl (C=O) groups is 1. The second kappa shape index (κ2) is 7.84. The Morgan fingerprint density at radius 1 is 1.23 bits per heavy atom. The molecule has 0 radical (unpaired) electrons. The fourth-order valence-electron chi connectivity index (χ4n) is 3.68. The normalized spacial score (nSPS) is 16.6. The third kappa shape index (κ3) is 3.75. The number of ether oxygens (including phenoxy) is 2. The van der Waals surface area contributed by atoms with E-state index in [-0.39, 0.29) is 5.91 Å². The van der Waals surface area contributed by atoms with Crippen LogP contribution in [0.15, 0.2) is 47.0 Å². The number of hydrogen-bond donors (Lipinski definition) is 1. The van der Waals surface area contributed by atoms with E-state index in [0.717, 1.165) is 22.4 Å². The van der Waals surface area contributed by atoms with Gasteiger partial charge in [-0.25, -0.2) is 4.98 Å². The minimum Gasteiger partial charge on any atom is -0.497 e. The average molecular weight is 419 g/mol. The Labute approximate surface area is 178 Å². The molecule has 0 bridgehead atoms. The second-order valence-electron chi connectivity index (χ2n) is 7.35. The summed E-state index contributed by atoms with van der Waals surface area (Å²) in [5, 5.41) is 4.07. The molecule has 4 aromatic rings. The second-order valence-corrected chi connectivity index (χ2v) is 7.35. The summed E-state index contributed by atoms with van der Waals surface area (Å²) in [5.41, 5.74) is 3.05. The van der Waals surface area contributed by atoms with Gasteiger partial charge in [0.1, 0.15) is 11.6 Å². The number of morpholine rings is 1. The van der Waals surface area contributed by atoms with Gasteiger partial charge in [-0.05, 0) is 37.3 Å². The lowest BCUT2D eigenvalue weighted by molar-refractivity contribution is -0.0367. The van der Waals surface area contributed by atoms with Crippen molar-refractivity contribution in [2.75, 3.05) is 26.8 Å². The topological polar surface area (TPSA) is 106 Å². The van der Waals surface area contributed by atoms with E-state index in [4.69, 9.17) is 14.0 Å². The van der Waals surface area contributed by atoms with E-state index in [0.29, 0.717) is 42.7 Å². The SMILES string of the molecule is COc1cccc(-c2noc(C3CN(C(=O)c4ccc5nc(C)[nH]c5c4)CCO3)n2)c1. The lowest BCUT2D eigenvalue weighted by atomic mass is 10.1. The average Bonchev–Trinajstić information content (AvgIpc) is 3.44. The Balaban J connectivity index is 1.34. The molecule has 9 heteroatoms. The molecule has 1 aliphatic heterocycles. The summed E-state index contributed by atoms with van der Waals surface area (Å²) in [7, 11) is 1.60. The molecule has 5 rings (SSSR count). The lowest BCUT2D eigenvalue weighted by Gasteiger charge is -2.31. The van der Waals surface area contributed by atoms with Gasteiger partial charge in [0.05, 0.1) is 31.3 Å². The third-order valence-corrected chi connectivity index (χ3v) is 5.25. The molecule has 2 aromatic heterocycles. The molecule has 158 valence electrons. The number of nitrogens with one attached hydrogen (secondary N) is 1. The predicted octanol–water partition coefficient (Wildman–Crippen LogP) is 3.14. The fraction of sp³-hybridized carbons (Fsp3) is 0.273. The Hall–Kier alpha value is -3.72. The van der Waals surface area contributed by atoms with Gasteiger partial charge in [0.25, 0.3) is 11.8 Å². The van der Waals surface area contributed by atoms with Crippen LogP contribution in [-0.4, -0.2) is 57.7 Å². The van der Waals surface area contributed by atoms with E-state index < -0.39 is 6.10 Å². The minimum absolute atomic E-state index is 0.0741. The standard InChI is InChI=1S/C22H21N5O4/c1-13-23-17-7-6-15(11-18(17)24-13)22(28)27-8-9-30-19(12-27)21-25-20(26-31-21)14-4-3-5-16(10-14)29-2/h3-7,10-11,19H,8-9,12H2,1-2H3,(H,23,24). The molecule has 31 heavy (non-hydrogen) atoms. The molecule has 1 fully saturated rings. The first kappa shape index (κ1) is 19.3. The maximum Gasteiger partial charge on any atom is 0.257 e. The van der Waals surface area contributed by atoms with Crippen LogP contribution in [0.2, 0.25) is 0 Å². The highest BCUT2D eigenvalue weighted by atomic mass is 16.5. The third-order valence-electron chi connectivity index (χ3n) is 5.25. The summed E-state index contributed by atoms with van der Waals surface area (Å²) in [6, 6.07) is 12.9. The van der Waals surface area contributed by atoms with Crippen molar-refractivity contribution in [3.05, 3.63) is 59.7 Å². The minimum atomic E-state index is -0.484. The molecule has 2 aromatic carbocycles. The number of amides is 1. The maximum absolute atomic E-state index is 13.1. The van der Waals surface area contributed by atoms with Crippen molar-refractivity contribution in [1.82, 2.24) is 25.0 Å². The van der Waals surface area contributed by atoms with Gasteiger partial charge < -0.3 is 23.9 Å². The number of aromatic amines is 1. The Bertz CT molecular complexity index is 1250. The van der Waals surface area contributed by atoms with E-state index in [1.165, 1.54) is 0 Å². The zero-order valence-corrected chi connectivity index (χ0v) is 17.2. The molecular weight excluding hydrogens is 398 g/mol. The van der Waals surface area contributed by atoms with E-state index in [9.17, 15) is 4.79 Å². The number of fused-ring (bicyclic) bond motifs is 1. The highest BCUT2D eigenvalue weighted by Gasteiger charge is 2.30. The van der Waals surface area contributed by atoms with E-state index in [1.807, 2.05) is 43.3 Å². The molecule has 1 amide bonds. The van der Waals surface area contributed by atoms with Gasteiger partial charge in [-0.3, -0.25) is 4.79 Å². The van der Waals surface area contributed by atoms with E-state index in [1.54, 1.807) is 18.1 Å². The zero-order chi connectivity index (χ0) is 21.4. The number of aryl methyl sites for hydroxylation is 1. The van der Waals surface area contributed by atoms with Gasteiger partial charge >= 0.3 is 0 Å². The van der Waals surface area contributed by atoms with Crippen LogP contribution in [0.1, 0.15) is 28.2 Å². The summed E-state index contributed by atoms with van der Waals surface area (Å²) < 4.78 is 16.5. The Kier molecular flexibility index (Phi) is 4.87. The van der Waals surface area contributed by atoms with Crippen LogP contribution in [0.25, 0.3) is 22.4 Å². The fourth-order valence-corrected chi connectivity index (χ4v) is 3.68. The van der Waals surface area contributed by atoms with Crippen LogP contribution in [0.5, 0.6) is 5.75 Å². The molecule has 1 saturated heterocycles. The predicted molar refractivity (Wildman–Crippen MR) is 112 cm³/mol. The van der Waals surface area contributed by atoms with E-state index >= 15 is 0 Å². The molecule has 1 unspecified atom stereocenters. The quantitative estimate of drug-likeness (QED) is 0.541. The first-order valence-electron chi connectivity index (χ1n) is 9.96. The molecule has 1 N–H and O–H groups in total. The van der Waals surface area contributed by atoms with Crippen molar-refractivity contribution >= 4 is 16.9 Å². The highest BCUT2D eigenvalue weighted by Crippen LogP contribution is 2.26. The van der Waals surface area contributed by atoms with Crippen LogP contribution >= 0.6 is 0 Å². The summed E-state index contributed by atoms with van der Waals surface area (Å²) in [4.78, 5) is 26.9. The highest BCUT2D eigenvalue weighted by molar-refractivity contribution is 5.97. The number of benzene rings is 2. The summed E-state index contributed by atoms with van der Waals surface area (Å²) in [6.07, 6.45) is -0.484. The number of rotatable bonds is 4. The number of H-pyrrole nitrogens is 1. The maximum atomic E-state index is 13.1. The number of aromatic nitrogens is 4. The number of carbonyl (C=O) groups excluding carboxylic acids is 1. The molecule has 0 aliphatic carbocycles. The van der Waals surface area contributed by atoms with Crippen molar-refractivity contribution in [3.63, 3.8) is 0 Å². The molecule has 0 spiro atoms. The molecule has 0 saturated carbocycles. The molecular formula is C22H21N5O4. The smallest absolute Gasteiger partial charge is 0.257 e. The molecule has 9 nitrogen and oxygen atoms in total. The number of nitrogens with zero attached hydrogens (tertiary/aromatic N) is 4. The van der Waals surface area contributed by atoms with Crippen molar-refractivity contribution in [1.29, 1.82) is 0 Å². The zero-order valence-electron chi connectivity index (χ0n) is 17.2. The van der Waals surface area contributed by atoms with E-state index in [2.05, 4.69) is 20.1 Å². The van der Waals surface area contributed by atoms with Crippen LogP contribution in [0.3, 0.4) is 0 Å². The lowest BCUT2D eigenvalue weighted by Crippen LogP contribution is -2.42. The van der Waals surface area contributed by atoms with Gasteiger partial charge in [-0.15, -0.1) is 0 Å². The molecule has 1 aliphatic rings. The first-order valence-corrected chi connectivity index (χ1v) is 9.96. The molecule has 1 atom stereocenters. The molecule has 3 heterocycles. The summed E-state index contributed by atoms with van der Waals surface area (Å²) in [5.74, 6) is 2.24. The van der Waals surface area contributed by atoms with Crippen molar-refractivity contribution < 1.29 is 18.8 Å². The number of imidazole rings is 1. The van der Waals surface area contributed by atoms with Crippen LogP contribution in [-0.2, 0) is 4.74 Å². The van der Waals surface area contributed by atoms with Gasteiger partial charge in [0.2, 0.25) is 5.82 Å².